The fraction of sp³-hybridized carbons (Fsp3) is 0.618. The van der Waals surface area contributed by atoms with Crippen molar-refractivity contribution >= 4 is 6.21 Å². The van der Waals surface area contributed by atoms with Crippen LogP contribution in [0.3, 0.4) is 0 Å². The molecule has 0 aromatic heterocycles. The van der Waals surface area contributed by atoms with Crippen LogP contribution in [0.25, 0.3) is 0 Å². The number of benzene rings is 1. The monoisotopic (exact) mass is 566 g/mol. The summed E-state index contributed by atoms with van der Waals surface area (Å²) in [7, 11) is 0. The van der Waals surface area contributed by atoms with Gasteiger partial charge in [-0.05, 0) is 69.2 Å². The van der Waals surface area contributed by atoms with E-state index >= 15 is 0 Å². The molecule has 41 heavy (non-hydrogen) atoms. The number of aliphatic imine (C=N–C) groups is 1. The number of aliphatic hydroxyl groups is 3. The highest BCUT2D eigenvalue weighted by atomic mass is 16.5. The second kappa shape index (κ2) is 16.3. The lowest BCUT2D eigenvalue weighted by atomic mass is 9.81. The highest BCUT2D eigenvalue weighted by molar-refractivity contribution is 5.83. The molecular formula is C34H52N3O4+. The Bertz CT molecular complexity index is 1020. The molecule has 2 heterocycles. The second-order valence-electron chi connectivity index (χ2n) is 11.9. The Labute approximate surface area is 247 Å². The quantitative estimate of drug-likeness (QED) is 0.145. The van der Waals surface area contributed by atoms with Gasteiger partial charge in [-0.15, -0.1) is 17.1 Å². The summed E-state index contributed by atoms with van der Waals surface area (Å²) >= 11 is 0. The molecule has 5 N–H and O–H groups in total. The number of aromatic hydroxyl groups is 1. The number of nitrogens with one attached hydrogen (secondary N) is 2. The van der Waals surface area contributed by atoms with Gasteiger partial charge in [0.25, 0.3) is 0 Å². The fourth-order valence-electron chi connectivity index (χ4n) is 6.17. The minimum absolute atomic E-state index is 0.0792. The number of aryl methyl sites for hydroxylation is 1. The van der Waals surface area contributed by atoms with E-state index in [1.807, 2.05) is 25.3 Å². The van der Waals surface area contributed by atoms with Crippen molar-refractivity contribution in [3.8, 4) is 11.5 Å². The number of phenolic OH excluding ortho intramolecular Hbond substituents is 1. The van der Waals surface area contributed by atoms with Gasteiger partial charge in [0.15, 0.2) is 23.2 Å². The van der Waals surface area contributed by atoms with E-state index in [1.165, 1.54) is 44.4 Å². The Hall–Kier alpha value is -2.45. The third-order valence-electron chi connectivity index (χ3n) is 8.48. The summed E-state index contributed by atoms with van der Waals surface area (Å²) in [5.41, 5.74) is 2.10. The Morgan fingerprint density at radius 1 is 1.22 bits per heavy atom. The van der Waals surface area contributed by atoms with Crippen molar-refractivity contribution in [2.75, 3.05) is 26.2 Å². The van der Waals surface area contributed by atoms with E-state index in [-0.39, 0.29) is 17.9 Å². The minimum Gasteiger partial charge on any atom is -0.504 e. The van der Waals surface area contributed by atoms with Gasteiger partial charge >= 0.3 is 0 Å². The molecule has 0 bridgehead atoms. The van der Waals surface area contributed by atoms with Crippen LogP contribution in [0.4, 0.5) is 0 Å². The third-order valence-corrected chi connectivity index (χ3v) is 8.48. The van der Waals surface area contributed by atoms with Crippen molar-refractivity contribution in [1.82, 2.24) is 10.6 Å². The van der Waals surface area contributed by atoms with Crippen LogP contribution in [-0.2, 0) is 6.42 Å². The molecule has 0 saturated heterocycles. The Balaban J connectivity index is 1.33. The molecule has 7 heteroatoms. The van der Waals surface area contributed by atoms with Crippen molar-refractivity contribution in [3.63, 3.8) is 0 Å². The van der Waals surface area contributed by atoms with Crippen molar-refractivity contribution < 1.29 is 19.7 Å². The number of aliphatic hydroxyl groups excluding tert-OH is 1. The lowest BCUT2D eigenvalue weighted by molar-refractivity contribution is -0.0480. The first kappa shape index (κ1) is 31.5. The SMILES string of the molecule is CCCCC1C=C[C-](CCc2ccc(O)c(OC[C@H](NCC)C3=C[C+]([C@H](CNC[C@H](C)O)C4CCCC4)C=N3)c2)[OH+]1. The number of nitrogens with zero attached hydrogens (tertiary/aromatic N) is 1. The highest BCUT2D eigenvalue weighted by Crippen LogP contribution is 2.38. The minimum atomic E-state index is -0.353. The van der Waals surface area contributed by atoms with Crippen LogP contribution in [0.2, 0.25) is 0 Å². The van der Waals surface area contributed by atoms with Crippen molar-refractivity contribution in [2.45, 2.75) is 96.8 Å². The number of phenols is 1. The van der Waals surface area contributed by atoms with E-state index in [4.69, 9.17) is 14.5 Å². The first-order chi connectivity index (χ1) is 20.0. The maximum atomic E-state index is 10.5. The van der Waals surface area contributed by atoms with Crippen LogP contribution >= 0.6 is 0 Å². The summed E-state index contributed by atoms with van der Waals surface area (Å²) in [4.78, 5) is 4.82. The molecule has 1 fully saturated rings. The molecule has 1 aromatic carbocycles. The zero-order valence-electron chi connectivity index (χ0n) is 25.3. The number of hydrogen-bond acceptors (Lipinski definition) is 6. The second-order valence-corrected chi connectivity index (χ2v) is 11.9. The van der Waals surface area contributed by atoms with Gasteiger partial charge in [-0.25, -0.2) is 0 Å². The predicted octanol–water partition coefficient (Wildman–Crippen LogP) is 5.19. The number of unbranched alkanes of at least 4 members (excludes halogenated alkanes) is 1. The molecule has 1 aliphatic carbocycles. The van der Waals surface area contributed by atoms with Gasteiger partial charge in [0.2, 0.25) is 0 Å². The number of hydrogen-bond donors (Lipinski definition) is 4. The van der Waals surface area contributed by atoms with E-state index in [0.717, 1.165) is 49.7 Å². The maximum absolute atomic E-state index is 10.5. The van der Waals surface area contributed by atoms with Gasteiger partial charge < -0.3 is 25.0 Å². The fourth-order valence-corrected chi connectivity index (χ4v) is 6.17. The van der Waals surface area contributed by atoms with Crippen molar-refractivity contribution in [2.24, 2.45) is 16.8 Å². The van der Waals surface area contributed by atoms with E-state index < -0.39 is 0 Å². The summed E-state index contributed by atoms with van der Waals surface area (Å²) < 4.78 is 11.1. The summed E-state index contributed by atoms with van der Waals surface area (Å²) in [6, 6.07) is 5.58. The highest BCUT2D eigenvalue weighted by Gasteiger charge is 2.39. The summed E-state index contributed by atoms with van der Waals surface area (Å²) in [5.74, 6) is 2.97. The van der Waals surface area contributed by atoms with Crippen LogP contribution in [0, 0.1) is 23.9 Å². The average Bonchev–Trinajstić information content (AvgIpc) is 3.75. The molecule has 1 saturated carbocycles. The third kappa shape index (κ3) is 9.53. The van der Waals surface area contributed by atoms with Crippen LogP contribution < -0.4 is 15.4 Å². The smallest absolute Gasteiger partial charge is 0.196 e. The average molecular weight is 567 g/mol. The lowest BCUT2D eigenvalue weighted by Gasteiger charge is -2.22. The van der Waals surface area contributed by atoms with Gasteiger partial charge in [-0.1, -0.05) is 39.2 Å². The first-order valence-corrected chi connectivity index (χ1v) is 15.9. The van der Waals surface area contributed by atoms with Crippen LogP contribution in [0.1, 0.15) is 77.7 Å². The first-order valence-electron chi connectivity index (χ1n) is 15.9. The molecule has 2 aliphatic heterocycles. The van der Waals surface area contributed by atoms with Crippen molar-refractivity contribution in [3.05, 3.63) is 59.7 Å². The van der Waals surface area contributed by atoms with Gasteiger partial charge in [0.1, 0.15) is 30.9 Å². The molecule has 0 amide bonds. The van der Waals surface area contributed by atoms with Gasteiger partial charge in [-0.2, -0.15) is 0 Å². The van der Waals surface area contributed by atoms with E-state index in [1.54, 1.807) is 6.07 Å². The molecule has 1 aromatic rings. The topological polar surface area (TPSA) is 98.9 Å². The number of likely N-dealkylation sites (N-methyl/N-ethyl adjacent to an activating group) is 1. The van der Waals surface area contributed by atoms with Gasteiger partial charge in [0.05, 0.1) is 18.1 Å². The predicted molar refractivity (Wildman–Crippen MR) is 167 cm³/mol. The molecule has 4 atom stereocenters. The molecule has 0 radical (unpaired) electrons. The summed E-state index contributed by atoms with van der Waals surface area (Å²) in [6.07, 6.45) is 20.1. The van der Waals surface area contributed by atoms with Crippen molar-refractivity contribution in [1.29, 1.82) is 0 Å². The lowest BCUT2D eigenvalue weighted by Crippen LogP contribution is -2.36. The van der Waals surface area contributed by atoms with E-state index in [2.05, 4.69) is 42.7 Å². The summed E-state index contributed by atoms with van der Waals surface area (Å²) in [5, 5.41) is 27.2. The van der Waals surface area contributed by atoms with Gasteiger partial charge in [0, 0.05) is 19.5 Å². The normalized spacial score (nSPS) is 21.1. The van der Waals surface area contributed by atoms with E-state index in [9.17, 15) is 10.2 Å². The molecular weight excluding hydrogens is 514 g/mol. The molecule has 4 rings (SSSR count). The Morgan fingerprint density at radius 3 is 2.80 bits per heavy atom. The molecule has 1 unspecified atom stereocenters. The Kier molecular flexibility index (Phi) is 12.5. The van der Waals surface area contributed by atoms with Crippen LogP contribution in [-0.4, -0.2) is 65.7 Å². The number of allylic oxidation sites excluding steroid dienone is 1. The molecule has 7 nitrogen and oxygen atoms in total. The molecule has 0 spiro atoms. The van der Waals surface area contributed by atoms with Crippen LogP contribution in [0.15, 0.2) is 47.1 Å². The summed E-state index contributed by atoms with van der Waals surface area (Å²) in [6.45, 7) is 8.75. The zero-order chi connectivity index (χ0) is 29.0. The maximum Gasteiger partial charge on any atom is 0.196 e. The molecule has 3 aliphatic rings. The van der Waals surface area contributed by atoms with Gasteiger partial charge in [-0.3, -0.25) is 5.32 Å². The largest absolute Gasteiger partial charge is 0.504 e. The Morgan fingerprint density at radius 2 is 2.05 bits per heavy atom. The molecule has 226 valence electrons. The zero-order valence-corrected chi connectivity index (χ0v) is 25.3. The van der Waals surface area contributed by atoms with Crippen LogP contribution in [0.5, 0.6) is 11.5 Å². The number of ether oxygens (including phenoxy) is 2. The van der Waals surface area contributed by atoms with E-state index in [0.29, 0.717) is 36.8 Å². The number of rotatable bonds is 18. The standard InChI is InChI=1S/C34H51N3O4/c1-4-6-11-28-15-16-29(41-28)14-12-25-13-17-33(39)34(18-25)40-23-32(36-5-2)31-19-27(21-37-31)30(22-35-20-24(3)38)26-9-7-8-10-26/h13,15-19,21,24,26,28,30,32,35-36,38,41H,4-12,14,20,22-23H2,1-3H3/p+1/t24-,28?,30+,32-/m0/s1.